The van der Waals surface area contributed by atoms with Crippen LogP contribution in [0.25, 0.3) is 0 Å². The van der Waals surface area contributed by atoms with Crippen LogP contribution in [0.2, 0.25) is 10.0 Å². The van der Waals surface area contributed by atoms with Crippen LogP contribution in [0, 0.1) is 0 Å². The van der Waals surface area contributed by atoms with Crippen LogP contribution in [-0.4, -0.2) is 17.0 Å². The molecule has 0 bridgehead atoms. The van der Waals surface area contributed by atoms with Gasteiger partial charge >= 0.3 is 0 Å². The van der Waals surface area contributed by atoms with Crippen molar-refractivity contribution >= 4 is 45.6 Å². The van der Waals surface area contributed by atoms with Crippen molar-refractivity contribution in [1.29, 1.82) is 0 Å². The summed E-state index contributed by atoms with van der Waals surface area (Å²) in [6.07, 6.45) is 2.34. The van der Waals surface area contributed by atoms with Crippen molar-refractivity contribution in [2.45, 2.75) is 26.4 Å². The normalized spacial score (nSPS) is 10.9. The van der Waals surface area contributed by atoms with Gasteiger partial charge in [0.2, 0.25) is 0 Å². The first kappa shape index (κ1) is 19.7. The molecule has 0 aliphatic heterocycles. The standard InChI is InChI=1S/C20H18Cl2N2O2S/c1-12(2)26-18-6-4-3-5-16(18)19(25)24-20-23-11-15(27-20)9-13-7-8-14(21)10-17(13)22/h3-8,10-12H,9H2,1-2H3,(H,23,24,25). The van der Waals surface area contributed by atoms with Crippen molar-refractivity contribution in [3.05, 3.63) is 74.7 Å². The molecule has 0 aliphatic rings. The van der Waals surface area contributed by atoms with Gasteiger partial charge in [0.05, 0.1) is 11.7 Å². The number of carbonyl (C=O) groups excluding carboxylic acids is 1. The third-order valence-electron chi connectivity index (χ3n) is 3.65. The van der Waals surface area contributed by atoms with Crippen LogP contribution in [0.3, 0.4) is 0 Å². The molecule has 4 nitrogen and oxygen atoms in total. The van der Waals surface area contributed by atoms with E-state index in [9.17, 15) is 4.79 Å². The van der Waals surface area contributed by atoms with Gasteiger partial charge in [0, 0.05) is 27.5 Å². The monoisotopic (exact) mass is 420 g/mol. The average Bonchev–Trinajstić information content (AvgIpc) is 3.04. The topological polar surface area (TPSA) is 51.2 Å². The first-order valence-electron chi connectivity index (χ1n) is 8.38. The molecule has 3 rings (SSSR count). The zero-order chi connectivity index (χ0) is 19.4. The highest BCUT2D eigenvalue weighted by Crippen LogP contribution is 2.28. The Hall–Kier alpha value is -2.08. The fraction of sp³-hybridized carbons (Fsp3) is 0.200. The fourth-order valence-corrected chi connectivity index (χ4v) is 3.78. The maximum atomic E-state index is 12.6. The average molecular weight is 421 g/mol. The third kappa shape index (κ3) is 5.22. The van der Waals surface area contributed by atoms with Crippen molar-refractivity contribution in [2.24, 2.45) is 0 Å². The quantitative estimate of drug-likeness (QED) is 0.525. The molecule has 0 radical (unpaired) electrons. The van der Waals surface area contributed by atoms with E-state index in [-0.39, 0.29) is 12.0 Å². The Bertz CT molecular complexity index is 957. The van der Waals surface area contributed by atoms with Crippen molar-refractivity contribution in [3.63, 3.8) is 0 Å². The van der Waals surface area contributed by atoms with E-state index < -0.39 is 0 Å². The summed E-state index contributed by atoms with van der Waals surface area (Å²) in [5.74, 6) is 0.298. The van der Waals surface area contributed by atoms with E-state index >= 15 is 0 Å². The van der Waals surface area contributed by atoms with Gasteiger partial charge in [0.25, 0.3) is 5.91 Å². The van der Waals surface area contributed by atoms with Crippen LogP contribution in [0.1, 0.15) is 34.6 Å². The van der Waals surface area contributed by atoms with Crippen LogP contribution in [0.4, 0.5) is 5.13 Å². The van der Waals surface area contributed by atoms with Gasteiger partial charge in [-0.25, -0.2) is 4.98 Å². The van der Waals surface area contributed by atoms with Gasteiger partial charge in [-0.2, -0.15) is 0 Å². The Labute approximate surface area is 172 Å². The molecule has 0 saturated heterocycles. The van der Waals surface area contributed by atoms with Crippen molar-refractivity contribution in [2.75, 3.05) is 5.32 Å². The van der Waals surface area contributed by atoms with E-state index in [0.717, 1.165) is 10.4 Å². The Morgan fingerprint density at radius 3 is 2.74 bits per heavy atom. The number of hydrogen-bond donors (Lipinski definition) is 1. The number of carbonyl (C=O) groups is 1. The van der Waals surface area contributed by atoms with E-state index in [2.05, 4.69) is 10.3 Å². The number of ether oxygens (including phenoxy) is 1. The lowest BCUT2D eigenvalue weighted by Gasteiger charge is -2.13. The second-order valence-corrected chi connectivity index (χ2v) is 8.12. The fourth-order valence-electron chi connectivity index (χ4n) is 2.48. The Morgan fingerprint density at radius 2 is 2.00 bits per heavy atom. The molecule has 0 atom stereocenters. The first-order chi connectivity index (χ1) is 12.9. The summed E-state index contributed by atoms with van der Waals surface area (Å²) in [7, 11) is 0. The predicted octanol–water partition coefficient (Wildman–Crippen LogP) is 6.08. The predicted molar refractivity (Wildman–Crippen MR) is 112 cm³/mol. The molecule has 0 unspecified atom stereocenters. The number of benzene rings is 2. The van der Waals surface area contributed by atoms with E-state index in [1.165, 1.54) is 11.3 Å². The largest absolute Gasteiger partial charge is 0.490 e. The summed E-state index contributed by atoms with van der Waals surface area (Å²) in [6.45, 7) is 3.84. The number of nitrogens with zero attached hydrogens (tertiary/aromatic N) is 1. The minimum absolute atomic E-state index is 0.0189. The Morgan fingerprint density at radius 1 is 1.22 bits per heavy atom. The highest BCUT2D eigenvalue weighted by Gasteiger charge is 2.15. The third-order valence-corrected chi connectivity index (χ3v) is 5.15. The molecular weight excluding hydrogens is 403 g/mol. The summed E-state index contributed by atoms with van der Waals surface area (Å²) in [6, 6.07) is 12.6. The first-order valence-corrected chi connectivity index (χ1v) is 9.95. The SMILES string of the molecule is CC(C)Oc1ccccc1C(=O)Nc1ncc(Cc2ccc(Cl)cc2Cl)s1. The molecule has 7 heteroatoms. The van der Waals surface area contributed by atoms with Gasteiger partial charge in [-0.05, 0) is 43.7 Å². The van der Waals surface area contributed by atoms with Crippen LogP contribution in [0.15, 0.2) is 48.7 Å². The number of halogens is 2. The second-order valence-electron chi connectivity index (χ2n) is 6.16. The Balaban J connectivity index is 1.71. The summed E-state index contributed by atoms with van der Waals surface area (Å²) in [4.78, 5) is 17.9. The lowest BCUT2D eigenvalue weighted by molar-refractivity contribution is 0.102. The van der Waals surface area contributed by atoms with Gasteiger partial charge in [-0.3, -0.25) is 10.1 Å². The zero-order valence-corrected chi connectivity index (χ0v) is 17.2. The summed E-state index contributed by atoms with van der Waals surface area (Å²) in [5, 5.41) is 4.58. The molecule has 1 aromatic heterocycles. The molecule has 2 aromatic carbocycles. The van der Waals surface area contributed by atoms with Crippen LogP contribution in [0.5, 0.6) is 5.75 Å². The van der Waals surface area contributed by atoms with Gasteiger partial charge in [0.15, 0.2) is 5.13 Å². The molecule has 0 aliphatic carbocycles. The van der Waals surface area contributed by atoms with E-state index in [1.807, 2.05) is 26.0 Å². The number of nitrogens with one attached hydrogen (secondary N) is 1. The molecule has 1 N–H and O–H groups in total. The molecule has 27 heavy (non-hydrogen) atoms. The number of thiazole rings is 1. The van der Waals surface area contributed by atoms with Crippen molar-refractivity contribution in [1.82, 2.24) is 4.98 Å². The number of amides is 1. The molecule has 1 heterocycles. The van der Waals surface area contributed by atoms with Crippen LogP contribution in [-0.2, 0) is 6.42 Å². The van der Waals surface area contributed by atoms with Gasteiger partial charge in [-0.1, -0.05) is 41.4 Å². The number of aromatic nitrogens is 1. The molecular formula is C20H18Cl2N2O2S. The van der Waals surface area contributed by atoms with Gasteiger partial charge in [0.1, 0.15) is 5.75 Å². The molecule has 3 aromatic rings. The number of para-hydroxylation sites is 1. The highest BCUT2D eigenvalue weighted by molar-refractivity contribution is 7.15. The lowest BCUT2D eigenvalue weighted by atomic mass is 10.1. The van der Waals surface area contributed by atoms with Gasteiger partial charge < -0.3 is 4.74 Å². The smallest absolute Gasteiger partial charge is 0.261 e. The van der Waals surface area contributed by atoms with Crippen molar-refractivity contribution in [3.8, 4) is 5.75 Å². The van der Waals surface area contributed by atoms with E-state index in [4.69, 9.17) is 27.9 Å². The number of rotatable bonds is 6. The molecule has 140 valence electrons. The molecule has 0 saturated carbocycles. The molecule has 0 fully saturated rings. The second kappa shape index (κ2) is 8.74. The number of anilines is 1. The van der Waals surface area contributed by atoms with E-state index in [0.29, 0.717) is 32.9 Å². The number of hydrogen-bond acceptors (Lipinski definition) is 4. The lowest BCUT2D eigenvalue weighted by Crippen LogP contribution is -2.15. The molecule has 0 spiro atoms. The summed E-state index contributed by atoms with van der Waals surface area (Å²) < 4.78 is 5.71. The van der Waals surface area contributed by atoms with Crippen LogP contribution < -0.4 is 10.1 Å². The van der Waals surface area contributed by atoms with Gasteiger partial charge in [-0.15, -0.1) is 11.3 Å². The maximum Gasteiger partial charge on any atom is 0.261 e. The zero-order valence-electron chi connectivity index (χ0n) is 14.8. The molecule has 1 amide bonds. The minimum atomic E-state index is -0.253. The maximum absolute atomic E-state index is 12.6. The summed E-state index contributed by atoms with van der Waals surface area (Å²) in [5.41, 5.74) is 1.43. The highest BCUT2D eigenvalue weighted by atomic mass is 35.5. The summed E-state index contributed by atoms with van der Waals surface area (Å²) >= 11 is 13.6. The Kier molecular flexibility index (Phi) is 6.37. The van der Waals surface area contributed by atoms with E-state index in [1.54, 1.807) is 36.5 Å². The van der Waals surface area contributed by atoms with Crippen molar-refractivity contribution < 1.29 is 9.53 Å². The van der Waals surface area contributed by atoms with Crippen LogP contribution >= 0.6 is 34.5 Å². The minimum Gasteiger partial charge on any atom is -0.490 e.